The molecule has 0 atom stereocenters. The van der Waals surface area contributed by atoms with Crippen LogP contribution in [0.3, 0.4) is 0 Å². The van der Waals surface area contributed by atoms with Crippen LogP contribution < -0.4 is 5.32 Å². The van der Waals surface area contributed by atoms with E-state index in [1.54, 1.807) is 16.4 Å². The summed E-state index contributed by atoms with van der Waals surface area (Å²) < 4.78 is 1.65. The third-order valence-electron chi connectivity index (χ3n) is 3.71. The molecule has 8 heteroatoms. The summed E-state index contributed by atoms with van der Waals surface area (Å²) in [6, 6.07) is 18.2. The second kappa shape index (κ2) is 10.1. The Kier molecular flexibility index (Phi) is 7.29. The summed E-state index contributed by atoms with van der Waals surface area (Å²) in [5, 5.41) is 15.3. The van der Waals surface area contributed by atoms with Crippen molar-refractivity contribution >= 4 is 29.4 Å². The van der Waals surface area contributed by atoms with E-state index in [4.69, 9.17) is 0 Å². The molecule has 0 radical (unpaired) electrons. The van der Waals surface area contributed by atoms with Crippen molar-refractivity contribution in [1.82, 2.24) is 25.5 Å². The molecular weight excluding hydrogens is 378 g/mol. The standard InChI is InChI=1S/C19H21N5OS2/c1-15-8-10-16(11-9-15)24-19(21-22-23-24)27-14-18(25)20-12-5-13-26-17-6-3-2-4-7-17/h2-4,6-11H,5,12-14H2,1H3,(H,20,25). The highest BCUT2D eigenvalue weighted by molar-refractivity contribution is 7.99. The molecule has 0 saturated heterocycles. The molecule has 0 spiro atoms. The fraction of sp³-hybridized carbons (Fsp3) is 0.263. The molecule has 27 heavy (non-hydrogen) atoms. The van der Waals surface area contributed by atoms with Crippen molar-refractivity contribution in [1.29, 1.82) is 0 Å². The van der Waals surface area contributed by atoms with Crippen LogP contribution in [0, 0.1) is 6.92 Å². The molecule has 2 aromatic carbocycles. The van der Waals surface area contributed by atoms with Gasteiger partial charge < -0.3 is 5.32 Å². The smallest absolute Gasteiger partial charge is 0.230 e. The highest BCUT2D eigenvalue weighted by atomic mass is 32.2. The lowest BCUT2D eigenvalue weighted by atomic mass is 10.2. The maximum Gasteiger partial charge on any atom is 0.230 e. The summed E-state index contributed by atoms with van der Waals surface area (Å²) in [5.74, 6) is 1.25. The predicted octanol–water partition coefficient (Wildman–Crippen LogP) is 3.36. The average molecular weight is 400 g/mol. The number of hydrogen-bond acceptors (Lipinski definition) is 6. The molecule has 0 unspecified atom stereocenters. The van der Waals surface area contributed by atoms with Gasteiger partial charge in [-0.2, -0.15) is 4.68 Å². The fourth-order valence-corrected chi connectivity index (χ4v) is 3.90. The second-order valence-electron chi connectivity index (χ2n) is 5.86. The molecule has 0 aliphatic heterocycles. The van der Waals surface area contributed by atoms with E-state index < -0.39 is 0 Å². The second-order valence-corrected chi connectivity index (χ2v) is 7.97. The Bertz CT molecular complexity index is 852. The minimum absolute atomic E-state index is 0.0110. The highest BCUT2D eigenvalue weighted by Crippen LogP contribution is 2.19. The van der Waals surface area contributed by atoms with Gasteiger partial charge in [0, 0.05) is 11.4 Å². The summed E-state index contributed by atoms with van der Waals surface area (Å²) >= 11 is 3.13. The first-order valence-corrected chi connectivity index (χ1v) is 10.6. The summed E-state index contributed by atoms with van der Waals surface area (Å²) in [7, 11) is 0. The van der Waals surface area contributed by atoms with Gasteiger partial charge in [0.25, 0.3) is 0 Å². The van der Waals surface area contributed by atoms with Crippen molar-refractivity contribution in [2.45, 2.75) is 23.4 Å². The number of carbonyl (C=O) groups excluding carboxylic acids is 1. The van der Waals surface area contributed by atoms with Crippen molar-refractivity contribution in [3.8, 4) is 5.69 Å². The zero-order chi connectivity index (χ0) is 18.9. The lowest BCUT2D eigenvalue weighted by Gasteiger charge is -2.06. The summed E-state index contributed by atoms with van der Waals surface area (Å²) in [4.78, 5) is 13.3. The molecule has 0 bridgehead atoms. The minimum Gasteiger partial charge on any atom is -0.355 e. The van der Waals surface area contributed by atoms with E-state index in [0.717, 1.165) is 17.9 Å². The van der Waals surface area contributed by atoms with Crippen molar-refractivity contribution < 1.29 is 4.79 Å². The zero-order valence-corrected chi connectivity index (χ0v) is 16.7. The molecule has 0 saturated carbocycles. The predicted molar refractivity (Wildman–Crippen MR) is 109 cm³/mol. The van der Waals surface area contributed by atoms with E-state index in [-0.39, 0.29) is 11.7 Å². The number of nitrogens with one attached hydrogen (secondary N) is 1. The molecular formula is C19H21N5OS2. The lowest BCUT2D eigenvalue weighted by Crippen LogP contribution is -2.26. The number of benzene rings is 2. The van der Waals surface area contributed by atoms with Gasteiger partial charge >= 0.3 is 0 Å². The van der Waals surface area contributed by atoms with Gasteiger partial charge in [0.1, 0.15) is 0 Å². The van der Waals surface area contributed by atoms with Crippen molar-refractivity contribution in [2.75, 3.05) is 18.1 Å². The molecule has 3 rings (SSSR count). The van der Waals surface area contributed by atoms with Crippen molar-refractivity contribution in [3.05, 3.63) is 60.2 Å². The number of rotatable bonds is 9. The van der Waals surface area contributed by atoms with Gasteiger partial charge in [0.05, 0.1) is 11.4 Å². The third-order valence-corrected chi connectivity index (χ3v) is 5.72. The Balaban J connectivity index is 1.38. The first kappa shape index (κ1) is 19.4. The lowest BCUT2D eigenvalue weighted by molar-refractivity contribution is -0.118. The number of hydrogen-bond donors (Lipinski definition) is 1. The maximum atomic E-state index is 12.0. The quantitative estimate of drug-likeness (QED) is 0.439. The first-order valence-electron chi connectivity index (χ1n) is 8.65. The molecule has 0 aliphatic carbocycles. The Hall–Kier alpha value is -2.32. The number of aryl methyl sites for hydroxylation is 1. The van der Waals surface area contributed by atoms with Crippen LogP contribution in [0.1, 0.15) is 12.0 Å². The van der Waals surface area contributed by atoms with Crippen LogP contribution in [0.15, 0.2) is 64.6 Å². The topological polar surface area (TPSA) is 72.7 Å². The van der Waals surface area contributed by atoms with Crippen LogP contribution in [0.5, 0.6) is 0 Å². The van der Waals surface area contributed by atoms with Gasteiger partial charge in [-0.05, 0) is 53.8 Å². The van der Waals surface area contributed by atoms with E-state index in [0.29, 0.717) is 11.7 Å². The number of nitrogens with zero attached hydrogens (tertiary/aromatic N) is 4. The maximum absolute atomic E-state index is 12.0. The van der Waals surface area contributed by atoms with Gasteiger partial charge in [0.2, 0.25) is 11.1 Å². The van der Waals surface area contributed by atoms with E-state index in [1.165, 1.54) is 22.2 Å². The third kappa shape index (κ3) is 6.11. The Morgan fingerprint density at radius 1 is 1.07 bits per heavy atom. The minimum atomic E-state index is -0.0110. The van der Waals surface area contributed by atoms with Crippen molar-refractivity contribution in [2.24, 2.45) is 0 Å². The van der Waals surface area contributed by atoms with Gasteiger partial charge in [-0.3, -0.25) is 4.79 Å². The van der Waals surface area contributed by atoms with Gasteiger partial charge in [-0.25, -0.2) is 0 Å². The fourth-order valence-electron chi connectivity index (χ4n) is 2.30. The molecule has 0 fully saturated rings. The number of carbonyl (C=O) groups is 1. The molecule has 1 amide bonds. The van der Waals surface area contributed by atoms with Crippen LogP contribution >= 0.6 is 23.5 Å². The van der Waals surface area contributed by atoms with Gasteiger partial charge in [-0.15, -0.1) is 16.9 Å². The Morgan fingerprint density at radius 2 is 1.85 bits per heavy atom. The zero-order valence-electron chi connectivity index (χ0n) is 15.0. The van der Waals surface area contributed by atoms with Gasteiger partial charge in [-0.1, -0.05) is 47.7 Å². The number of thioether (sulfide) groups is 2. The summed E-state index contributed by atoms with van der Waals surface area (Å²) in [5.41, 5.74) is 2.05. The number of amides is 1. The van der Waals surface area contributed by atoms with Crippen LogP contribution in [0.2, 0.25) is 0 Å². The van der Waals surface area contributed by atoms with Crippen LogP contribution in [-0.2, 0) is 4.79 Å². The SMILES string of the molecule is Cc1ccc(-n2nnnc2SCC(=O)NCCCSc2ccccc2)cc1. The molecule has 0 aliphatic rings. The Morgan fingerprint density at radius 3 is 2.63 bits per heavy atom. The number of aromatic nitrogens is 4. The van der Waals surface area contributed by atoms with Crippen molar-refractivity contribution in [3.63, 3.8) is 0 Å². The Labute approximate surface area is 167 Å². The largest absolute Gasteiger partial charge is 0.355 e. The van der Waals surface area contributed by atoms with E-state index in [2.05, 4.69) is 33.0 Å². The monoisotopic (exact) mass is 399 g/mol. The molecule has 1 N–H and O–H groups in total. The molecule has 140 valence electrons. The normalized spacial score (nSPS) is 10.7. The molecule has 1 aromatic heterocycles. The summed E-state index contributed by atoms with van der Waals surface area (Å²) in [6.45, 7) is 2.70. The van der Waals surface area contributed by atoms with E-state index >= 15 is 0 Å². The highest BCUT2D eigenvalue weighted by Gasteiger charge is 2.11. The average Bonchev–Trinajstić information content (AvgIpc) is 3.16. The molecule has 6 nitrogen and oxygen atoms in total. The van der Waals surface area contributed by atoms with Gasteiger partial charge in [0.15, 0.2) is 0 Å². The first-order chi connectivity index (χ1) is 13.2. The van der Waals surface area contributed by atoms with E-state index in [1.807, 2.05) is 49.4 Å². The molecule has 3 aromatic rings. The molecule has 1 heterocycles. The van der Waals surface area contributed by atoms with Crippen LogP contribution in [-0.4, -0.2) is 44.2 Å². The van der Waals surface area contributed by atoms with E-state index in [9.17, 15) is 4.79 Å². The summed E-state index contributed by atoms with van der Waals surface area (Å²) in [6.07, 6.45) is 0.928. The van der Waals surface area contributed by atoms with Crippen LogP contribution in [0.25, 0.3) is 5.69 Å². The number of tetrazole rings is 1. The van der Waals surface area contributed by atoms with Crippen LogP contribution in [0.4, 0.5) is 0 Å².